The highest BCUT2D eigenvalue weighted by molar-refractivity contribution is 4.98. The molecule has 0 aromatic carbocycles. The minimum Gasteiger partial charge on any atom is -0.0648 e. The smallest absolute Gasteiger partial charge is 0.0103 e. The molecule has 1 saturated carbocycles. The Morgan fingerprint density at radius 1 is 1.50 bits per heavy atom. The molecule has 1 rings (SSSR count). The van der Waals surface area contributed by atoms with Gasteiger partial charge in [0.25, 0.3) is 0 Å². The number of rotatable bonds is 2. The molecule has 0 heterocycles. The minimum atomic E-state index is 0.486. The van der Waals surface area contributed by atoms with E-state index in [2.05, 4.69) is 27.2 Å². The maximum atomic E-state index is 3.62. The Hall–Kier alpha value is 0. The zero-order valence-corrected chi connectivity index (χ0v) is 7.41. The van der Waals surface area contributed by atoms with E-state index in [1.165, 1.54) is 25.7 Å². The van der Waals surface area contributed by atoms with Crippen molar-refractivity contribution in [1.82, 2.24) is 0 Å². The van der Waals surface area contributed by atoms with Crippen LogP contribution in [0.4, 0.5) is 0 Å². The van der Waals surface area contributed by atoms with E-state index in [1.54, 1.807) is 0 Å². The quantitative estimate of drug-likeness (QED) is 0.549. The topological polar surface area (TPSA) is 0 Å². The summed E-state index contributed by atoms with van der Waals surface area (Å²) in [5.74, 6) is 0.792. The molecule has 10 heavy (non-hydrogen) atoms. The monoisotopic (exact) mass is 138 g/mol. The molecule has 0 nitrogen and oxygen atoms in total. The van der Waals surface area contributed by atoms with Crippen molar-refractivity contribution in [2.45, 2.75) is 46.5 Å². The molecule has 2 radical (unpaired) electrons. The van der Waals surface area contributed by atoms with Gasteiger partial charge in [-0.3, -0.25) is 0 Å². The normalized spacial score (nSPS) is 24.0. The van der Waals surface area contributed by atoms with Gasteiger partial charge in [-0.2, -0.15) is 0 Å². The molecule has 58 valence electrons. The average Bonchev–Trinajstić information content (AvgIpc) is 2.35. The highest BCUT2D eigenvalue weighted by Crippen LogP contribution is 2.45. The van der Waals surface area contributed by atoms with Gasteiger partial charge < -0.3 is 0 Å². The first kappa shape index (κ1) is 8.10. The second kappa shape index (κ2) is 2.94. The van der Waals surface area contributed by atoms with Gasteiger partial charge >= 0.3 is 0 Å². The highest BCUT2D eigenvalue weighted by atomic mass is 14.4. The van der Waals surface area contributed by atoms with Crippen LogP contribution in [0.5, 0.6) is 0 Å². The summed E-state index contributed by atoms with van der Waals surface area (Å²) in [5.41, 5.74) is 0.486. The molecule has 0 spiro atoms. The van der Waals surface area contributed by atoms with Crippen molar-refractivity contribution in [3.63, 3.8) is 0 Å². The zero-order valence-electron chi connectivity index (χ0n) is 7.41. The molecule has 0 bridgehead atoms. The van der Waals surface area contributed by atoms with E-state index in [4.69, 9.17) is 0 Å². The molecule has 0 saturated heterocycles. The van der Waals surface area contributed by atoms with E-state index in [1.807, 2.05) is 0 Å². The molecule has 0 aromatic heterocycles. The van der Waals surface area contributed by atoms with E-state index in [9.17, 15) is 0 Å². The van der Waals surface area contributed by atoms with Crippen LogP contribution < -0.4 is 0 Å². The van der Waals surface area contributed by atoms with Gasteiger partial charge in [0, 0.05) is 0 Å². The van der Waals surface area contributed by atoms with E-state index < -0.39 is 0 Å². The fourth-order valence-corrected chi connectivity index (χ4v) is 2.03. The first-order chi connectivity index (χ1) is 4.71. The number of hydrogen-bond acceptors (Lipinski definition) is 0. The Morgan fingerprint density at radius 2 is 2.20 bits per heavy atom. The van der Waals surface area contributed by atoms with Crippen molar-refractivity contribution < 1.29 is 0 Å². The Bertz CT molecular complexity index is 96.6. The molecule has 1 fully saturated rings. The predicted octanol–water partition coefficient (Wildman–Crippen LogP) is 3.30. The summed E-state index contributed by atoms with van der Waals surface area (Å²) in [6.07, 6.45) is 8.87. The molecule has 0 heteroatoms. The van der Waals surface area contributed by atoms with Crippen LogP contribution in [-0.4, -0.2) is 0 Å². The van der Waals surface area contributed by atoms with Crippen LogP contribution in [0, 0.1) is 17.8 Å². The molecule has 0 aliphatic heterocycles. The summed E-state index contributed by atoms with van der Waals surface area (Å²) in [5, 5.41) is 0. The predicted molar refractivity (Wildman–Crippen MR) is 44.7 cm³/mol. The standard InChI is InChI=1S/C10H18/c1-4-10(9(2)3)7-5-6-8-10/h9H,4-7H2,1-3H3. The zero-order chi connectivity index (χ0) is 7.61. The van der Waals surface area contributed by atoms with E-state index in [0.29, 0.717) is 5.41 Å². The van der Waals surface area contributed by atoms with E-state index >= 15 is 0 Å². The maximum Gasteiger partial charge on any atom is -0.0103 e. The molecule has 0 N–H and O–H groups in total. The van der Waals surface area contributed by atoms with Crippen LogP contribution in [-0.2, 0) is 0 Å². The lowest BCUT2D eigenvalue weighted by atomic mass is 9.74. The third-order valence-corrected chi connectivity index (χ3v) is 3.01. The van der Waals surface area contributed by atoms with Crippen LogP contribution in [0.25, 0.3) is 0 Å². The largest absolute Gasteiger partial charge is 0.0648 e. The van der Waals surface area contributed by atoms with Crippen molar-refractivity contribution in [3.05, 3.63) is 6.42 Å². The van der Waals surface area contributed by atoms with Crippen molar-refractivity contribution in [3.8, 4) is 0 Å². The van der Waals surface area contributed by atoms with Gasteiger partial charge in [-0.05, 0) is 37.0 Å². The Kier molecular flexibility index (Phi) is 2.38. The van der Waals surface area contributed by atoms with Gasteiger partial charge in [-0.1, -0.05) is 27.2 Å². The van der Waals surface area contributed by atoms with Gasteiger partial charge in [0.2, 0.25) is 0 Å². The molecular weight excluding hydrogens is 120 g/mol. The minimum absolute atomic E-state index is 0.486. The lowest BCUT2D eigenvalue weighted by Crippen LogP contribution is -2.22. The first-order valence-electron chi connectivity index (χ1n) is 4.46. The van der Waals surface area contributed by atoms with Crippen molar-refractivity contribution in [1.29, 1.82) is 0 Å². The Morgan fingerprint density at radius 3 is 2.40 bits per heavy atom. The van der Waals surface area contributed by atoms with Crippen LogP contribution in [0.3, 0.4) is 0 Å². The van der Waals surface area contributed by atoms with Crippen LogP contribution in [0.1, 0.15) is 46.5 Å². The maximum absolute atomic E-state index is 3.62. The van der Waals surface area contributed by atoms with Crippen molar-refractivity contribution in [2.75, 3.05) is 0 Å². The summed E-state index contributed by atoms with van der Waals surface area (Å²) in [6, 6.07) is 0. The Labute approximate surface area is 65.0 Å². The Balaban J connectivity index is 2.58. The molecular formula is C10H18. The van der Waals surface area contributed by atoms with Crippen molar-refractivity contribution in [2.24, 2.45) is 11.3 Å². The molecule has 1 unspecified atom stereocenters. The van der Waals surface area contributed by atoms with E-state index in [-0.39, 0.29) is 0 Å². The number of hydrogen-bond donors (Lipinski definition) is 0. The van der Waals surface area contributed by atoms with Gasteiger partial charge in [0.1, 0.15) is 0 Å². The van der Waals surface area contributed by atoms with Crippen molar-refractivity contribution >= 4 is 0 Å². The lowest BCUT2D eigenvalue weighted by Gasteiger charge is -2.31. The van der Waals surface area contributed by atoms with Crippen LogP contribution >= 0.6 is 0 Å². The summed E-state index contributed by atoms with van der Waals surface area (Å²) in [7, 11) is 0. The third-order valence-electron chi connectivity index (χ3n) is 3.01. The second-order valence-electron chi connectivity index (χ2n) is 3.69. The molecule has 1 aliphatic carbocycles. The summed E-state index contributed by atoms with van der Waals surface area (Å²) in [4.78, 5) is 0. The fourth-order valence-electron chi connectivity index (χ4n) is 2.03. The van der Waals surface area contributed by atoms with E-state index in [0.717, 1.165) is 5.92 Å². The van der Waals surface area contributed by atoms with Gasteiger partial charge in [0.05, 0.1) is 0 Å². The van der Waals surface area contributed by atoms with Gasteiger partial charge in [-0.15, -0.1) is 0 Å². The summed E-state index contributed by atoms with van der Waals surface area (Å²) >= 11 is 0. The first-order valence-corrected chi connectivity index (χ1v) is 4.46. The third kappa shape index (κ3) is 1.21. The summed E-state index contributed by atoms with van der Waals surface area (Å²) in [6.45, 7) is 6.93. The SMILES string of the molecule is CCC1(C(C)C)[C]CCC1. The molecule has 0 aromatic rings. The molecule has 1 atom stereocenters. The average molecular weight is 138 g/mol. The lowest BCUT2D eigenvalue weighted by molar-refractivity contribution is 0.238. The second-order valence-corrected chi connectivity index (χ2v) is 3.69. The van der Waals surface area contributed by atoms with Gasteiger partial charge in [0.15, 0.2) is 0 Å². The molecule has 1 aliphatic rings. The highest BCUT2D eigenvalue weighted by Gasteiger charge is 2.35. The molecule has 0 amide bonds. The van der Waals surface area contributed by atoms with Crippen LogP contribution in [0.15, 0.2) is 0 Å². The van der Waals surface area contributed by atoms with Gasteiger partial charge in [-0.25, -0.2) is 0 Å². The van der Waals surface area contributed by atoms with Crippen LogP contribution in [0.2, 0.25) is 0 Å². The fraction of sp³-hybridized carbons (Fsp3) is 0.900. The summed E-state index contributed by atoms with van der Waals surface area (Å²) < 4.78 is 0.